The number of hydrogen-bond acceptors (Lipinski definition) is 2. The van der Waals surface area contributed by atoms with E-state index in [9.17, 15) is 9.50 Å². The van der Waals surface area contributed by atoms with Crippen LogP contribution in [0.25, 0.3) is 0 Å². The van der Waals surface area contributed by atoms with Gasteiger partial charge in [0.25, 0.3) is 0 Å². The molecule has 0 heterocycles. The van der Waals surface area contributed by atoms with Crippen molar-refractivity contribution in [1.82, 2.24) is 5.32 Å². The molecule has 0 spiro atoms. The van der Waals surface area contributed by atoms with E-state index in [1.807, 2.05) is 43.3 Å². The highest BCUT2D eigenvalue weighted by atomic mass is 19.1. The summed E-state index contributed by atoms with van der Waals surface area (Å²) in [7, 11) is 0. The van der Waals surface area contributed by atoms with E-state index in [1.54, 1.807) is 6.07 Å². The number of benzene rings is 2. The predicted octanol–water partition coefficient (Wildman–Crippen LogP) is 3.60. The summed E-state index contributed by atoms with van der Waals surface area (Å²) in [5, 5.41) is 13.4. The van der Waals surface area contributed by atoms with Crippen molar-refractivity contribution in [1.29, 1.82) is 0 Å². The van der Waals surface area contributed by atoms with E-state index in [1.165, 1.54) is 12.1 Å². The second-order valence-corrected chi connectivity index (χ2v) is 4.85. The summed E-state index contributed by atoms with van der Waals surface area (Å²) >= 11 is 0. The van der Waals surface area contributed by atoms with E-state index in [0.29, 0.717) is 6.54 Å². The summed E-state index contributed by atoms with van der Waals surface area (Å²) in [6, 6.07) is 16.2. The fourth-order valence-corrected chi connectivity index (χ4v) is 2.27. The van der Waals surface area contributed by atoms with Crippen molar-refractivity contribution in [3.8, 4) is 0 Å². The maximum absolute atomic E-state index is 13.3. The van der Waals surface area contributed by atoms with Crippen LogP contribution in [-0.4, -0.2) is 11.7 Å². The zero-order valence-corrected chi connectivity index (χ0v) is 11.6. The summed E-state index contributed by atoms with van der Waals surface area (Å²) in [5.41, 5.74) is 1.79. The lowest BCUT2D eigenvalue weighted by Crippen LogP contribution is -2.26. The highest BCUT2D eigenvalue weighted by Gasteiger charge is 2.13. The van der Waals surface area contributed by atoms with E-state index < -0.39 is 6.10 Å². The van der Waals surface area contributed by atoms with Crippen molar-refractivity contribution in [2.75, 3.05) is 6.54 Å². The van der Waals surface area contributed by atoms with E-state index in [0.717, 1.165) is 17.5 Å². The third-order valence-corrected chi connectivity index (χ3v) is 3.40. The Morgan fingerprint density at radius 3 is 2.40 bits per heavy atom. The van der Waals surface area contributed by atoms with Gasteiger partial charge in [0.15, 0.2) is 0 Å². The maximum atomic E-state index is 13.3. The molecule has 0 aliphatic heterocycles. The molecule has 0 radical (unpaired) electrons. The molecule has 0 aliphatic rings. The number of halogens is 1. The van der Waals surface area contributed by atoms with Crippen molar-refractivity contribution < 1.29 is 9.50 Å². The van der Waals surface area contributed by atoms with Crippen LogP contribution in [0, 0.1) is 5.82 Å². The lowest BCUT2D eigenvalue weighted by atomic mass is 10.0. The lowest BCUT2D eigenvalue weighted by Gasteiger charge is -2.20. The van der Waals surface area contributed by atoms with E-state index >= 15 is 0 Å². The predicted molar refractivity (Wildman–Crippen MR) is 78.8 cm³/mol. The van der Waals surface area contributed by atoms with Crippen molar-refractivity contribution in [2.45, 2.75) is 25.5 Å². The summed E-state index contributed by atoms with van der Waals surface area (Å²) in [6.07, 6.45) is 0.282. The summed E-state index contributed by atoms with van der Waals surface area (Å²) in [5.74, 6) is -0.230. The largest absolute Gasteiger partial charge is 0.387 e. The molecule has 20 heavy (non-hydrogen) atoms. The number of aliphatic hydroxyl groups excluding tert-OH is 1. The molecule has 2 aromatic carbocycles. The molecule has 0 saturated carbocycles. The molecular weight excluding hydrogens is 253 g/mol. The second kappa shape index (κ2) is 7.17. The minimum atomic E-state index is -0.557. The molecule has 2 aromatic rings. The van der Waals surface area contributed by atoms with E-state index in [4.69, 9.17) is 0 Å². The van der Waals surface area contributed by atoms with Crippen LogP contribution in [-0.2, 0) is 0 Å². The van der Waals surface area contributed by atoms with Gasteiger partial charge in [0.2, 0.25) is 0 Å². The standard InChI is InChI=1S/C17H20FNO/c1-2-16(14-9-6-10-15(18)11-14)19-12-17(20)13-7-4-3-5-8-13/h3-11,16-17,19-20H,2,12H2,1H3. The zero-order chi connectivity index (χ0) is 14.4. The third kappa shape index (κ3) is 3.89. The van der Waals surface area contributed by atoms with Crippen molar-refractivity contribution in [2.24, 2.45) is 0 Å². The van der Waals surface area contributed by atoms with Crippen LogP contribution < -0.4 is 5.32 Å². The molecule has 0 aliphatic carbocycles. The van der Waals surface area contributed by atoms with Gasteiger partial charge in [-0.1, -0.05) is 49.4 Å². The second-order valence-electron chi connectivity index (χ2n) is 4.85. The summed E-state index contributed by atoms with van der Waals surface area (Å²) in [4.78, 5) is 0. The molecule has 0 bridgehead atoms. The first-order chi connectivity index (χ1) is 9.70. The van der Waals surface area contributed by atoms with Gasteiger partial charge in [-0.2, -0.15) is 0 Å². The first kappa shape index (κ1) is 14.7. The molecule has 2 rings (SSSR count). The Labute approximate surface area is 119 Å². The average molecular weight is 273 g/mol. The summed E-state index contributed by atoms with van der Waals surface area (Å²) in [6.45, 7) is 2.48. The average Bonchev–Trinajstić information content (AvgIpc) is 2.48. The molecule has 0 fully saturated rings. The topological polar surface area (TPSA) is 32.3 Å². The van der Waals surface area contributed by atoms with Gasteiger partial charge in [0.05, 0.1) is 6.10 Å². The molecule has 2 atom stereocenters. The van der Waals surface area contributed by atoms with Crippen molar-refractivity contribution >= 4 is 0 Å². The van der Waals surface area contributed by atoms with Gasteiger partial charge in [-0.15, -0.1) is 0 Å². The Morgan fingerprint density at radius 2 is 1.75 bits per heavy atom. The Morgan fingerprint density at radius 1 is 1.05 bits per heavy atom. The Kier molecular flexibility index (Phi) is 5.27. The van der Waals surface area contributed by atoms with Crippen LogP contribution in [0.1, 0.15) is 36.6 Å². The third-order valence-electron chi connectivity index (χ3n) is 3.40. The van der Waals surface area contributed by atoms with Crippen LogP contribution in [0.3, 0.4) is 0 Å². The molecule has 106 valence electrons. The molecule has 0 amide bonds. The van der Waals surface area contributed by atoms with Crippen LogP contribution >= 0.6 is 0 Å². The molecular formula is C17H20FNO. The lowest BCUT2D eigenvalue weighted by molar-refractivity contribution is 0.169. The first-order valence-corrected chi connectivity index (χ1v) is 6.92. The van der Waals surface area contributed by atoms with Crippen LogP contribution in [0.5, 0.6) is 0 Å². The molecule has 2 N–H and O–H groups in total. The fourth-order valence-electron chi connectivity index (χ4n) is 2.27. The quantitative estimate of drug-likeness (QED) is 0.843. The molecule has 0 aromatic heterocycles. The fraction of sp³-hybridized carbons (Fsp3) is 0.294. The SMILES string of the molecule is CCC(NCC(O)c1ccccc1)c1cccc(F)c1. The van der Waals surface area contributed by atoms with Crippen LogP contribution in [0.4, 0.5) is 4.39 Å². The Hall–Kier alpha value is -1.71. The number of hydrogen-bond donors (Lipinski definition) is 2. The maximum Gasteiger partial charge on any atom is 0.123 e. The normalized spacial score (nSPS) is 13.9. The Bertz CT molecular complexity index is 530. The molecule has 0 saturated heterocycles. The summed E-state index contributed by atoms with van der Waals surface area (Å²) < 4.78 is 13.3. The van der Waals surface area contributed by atoms with Gasteiger partial charge in [-0.25, -0.2) is 4.39 Å². The van der Waals surface area contributed by atoms with Gasteiger partial charge < -0.3 is 10.4 Å². The molecule has 3 heteroatoms. The monoisotopic (exact) mass is 273 g/mol. The minimum Gasteiger partial charge on any atom is -0.387 e. The highest BCUT2D eigenvalue weighted by molar-refractivity contribution is 5.21. The van der Waals surface area contributed by atoms with Crippen molar-refractivity contribution in [3.63, 3.8) is 0 Å². The van der Waals surface area contributed by atoms with E-state index in [2.05, 4.69) is 5.32 Å². The van der Waals surface area contributed by atoms with Crippen LogP contribution in [0.2, 0.25) is 0 Å². The van der Waals surface area contributed by atoms with Gasteiger partial charge in [0, 0.05) is 12.6 Å². The van der Waals surface area contributed by atoms with Crippen molar-refractivity contribution in [3.05, 3.63) is 71.5 Å². The minimum absolute atomic E-state index is 0.0454. The zero-order valence-electron chi connectivity index (χ0n) is 11.6. The van der Waals surface area contributed by atoms with E-state index in [-0.39, 0.29) is 11.9 Å². The number of aliphatic hydroxyl groups is 1. The molecule has 2 nitrogen and oxygen atoms in total. The van der Waals surface area contributed by atoms with Gasteiger partial charge >= 0.3 is 0 Å². The number of nitrogens with one attached hydrogen (secondary N) is 1. The van der Waals surface area contributed by atoms with Gasteiger partial charge in [-0.05, 0) is 29.7 Å². The van der Waals surface area contributed by atoms with Gasteiger partial charge in [0.1, 0.15) is 5.82 Å². The highest BCUT2D eigenvalue weighted by Crippen LogP contribution is 2.19. The first-order valence-electron chi connectivity index (χ1n) is 6.92. The van der Waals surface area contributed by atoms with Gasteiger partial charge in [-0.3, -0.25) is 0 Å². The molecule has 2 unspecified atom stereocenters. The van der Waals surface area contributed by atoms with Crippen LogP contribution in [0.15, 0.2) is 54.6 Å². The number of rotatable bonds is 6. The Balaban J connectivity index is 1.97. The smallest absolute Gasteiger partial charge is 0.123 e.